The number of fused-ring (bicyclic) bond motifs is 1. The molecular formula is C38H45F3N8O6. The second-order valence-electron chi connectivity index (χ2n) is 13.0. The number of rotatable bonds is 15. The van der Waals surface area contributed by atoms with Crippen molar-refractivity contribution in [2.24, 2.45) is 16.5 Å². The fourth-order valence-electron chi connectivity index (χ4n) is 6.21. The van der Waals surface area contributed by atoms with Crippen LogP contribution in [-0.4, -0.2) is 93.1 Å². The minimum absolute atomic E-state index is 0.0282. The Hall–Kier alpha value is -5.97. The normalized spacial score (nSPS) is 16.3. The summed E-state index contributed by atoms with van der Waals surface area (Å²) < 4.78 is 38.1. The molecule has 294 valence electrons. The number of likely N-dealkylation sites (tertiary alicyclic amines) is 1. The highest BCUT2D eigenvalue weighted by atomic mass is 19.4. The van der Waals surface area contributed by atoms with Gasteiger partial charge in [0.25, 0.3) is 0 Å². The number of carbonyl (C=O) groups excluding carboxylic acids is 3. The SMILES string of the molecule is CC(=O)N[C@@H](Cc1cnc[nH]1)C(=O)N[C@H](Cc1ccccc1)C(=O)N1C[C@@H](OCc2ccc3ccccc3c2)C[C@@H]1CCCN=C(N)N.O=C(O)C(F)(F)F. The number of amides is 3. The van der Waals surface area contributed by atoms with Crippen LogP contribution in [0.5, 0.6) is 0 Å². The number of carboxylic acids is 1. The van der Waals surface area contributed by atoms with E-state index in [1.54, 1.807) is 6.20 Å². The van der Waals surface area contributed by atoms with E-state index >= 15 is 0 Å². The smallest absolute Gasteiger partial charge is 0.475 e. The maximum atomic E-state index is 14.4. The number of carbonyl (C=O) groups is 4. The predicted octanol–water partition coefficient (Wildman–Crippen LogP) is 3.21. The molecule has 3 amide bonds. The van der Waals surface area contributed by atoms with E-state index in [1.165, 1.54) is 13.3 Å². The third kappa shape index (κ3) is 13.4. The van der Waals surface area contributed by atoms with Gasteiger partial charge in [0.15, 0.2) is 5.96 Å². The quantitative estimate of drug-likeness (QED) is 0.0594. The molecule has 0 spiro atoms. The lowest BCUT2D eigenvalue weighted by atomic mass is 10.0. The number of hydrogen-bond donors (Lipinski definition) is 6. The highest BCUT2D eigenvalue weighted by Crippen LogP contribution is 2.27. The molecule has 1 aromatic heterocycles. The maximum Gasteiger partial charge on any atom is 0.490 e. The van der Waals surface area contributed by atoms with E-state index in [0.29, 0.717) is 44.7 Å². The van der Waals surface area contributed by atoms with E-state index in [0.717, 1.165) is 21.9 Å². The summed E-state index contributed by atoms with van der Waals surface area (Å²) in [6, 6.07) is 22.1. The molecule has 3 aromatic carbocycles. The van der Waals surface area contributed by atoms with Crippen molar-refractivity contribution in [1.29, 1.82) is 0 Å². The first-order valence-corrected chi connectivity index (χ1v) is 17.5. The summed E-state index contributed by atoms with van der Waals surface area (Å²) >= 11 is 0. The highest BCUT2D eigenvalue weighted by molar-refractivity contribution is 5.92. The van der Waals surface area contributed by atoms with Crippen LogP contribution < -0.4 is 22.1 Å². The molecule has 1 aliphatic rings. The Labute approximate surface area is 315 Å². The van der Waals surface area contributed by atoms with Crippen molar-refractivity contribution in [1.82, 2.24) is 25.5 Å². The zero-order valence-corrected chi connectivity index (χ0v) is 30.2. The van der Waals surface area contributed by atoms with Gasteiger partial charge in [0.2, 0.25) is 17.7 Å². The molecule has 0 unspecified atom stereocenters. The molecule has 55 heavy (non-hydrogen) atoms. The number of carboxylic acid groups (broad SMARTS) is 1. The molecule has 1 aliphatic heterocycles. The number of ether oxygens (including phenoxy) is 1. The maximum absolute atomic E-state index is 14.4. The number of aliphatic imine (C=N–C) groups is 1. The topological polar surface area (TPSA) is 218 Å². The Morgan fingerprint density at radius 2 is 1.67 bits per heavy atom. The average molecular weight is 767 g/mol. The fraction of sp³-hybridized carbons (Fsp3) is 0.368. The molecular weight excluding hydrogens is 721 g/mol. The summed E-state index contributed by atoms with van der Waals surface area (Å²) in [5.74, 6) is -3.75. The number of alkyl halides is 3. The van der Waals surface area contributed by atoms with Crippen LogP contribution in [0.25, 0.3) is 10.8 Å². The number of imidazole rings is 1. The number of halogens is 3. The summed E-state index contributed by atoms with van der Waals surface area (Å²) in [5, 5.41) is 15.1. The molecule has 0 radical (unpaired) electrons. The van der Waals surface area contributed by atoms with Gasteiger partial charge in [0.05, 0.1) is 19.0 Å². The van der Waals surface area contributed by atoms with Crippen molar-refractivity contribution in [3.05, 3.63) is 102 Å². The largest absolute Gasteiger partial charge is 0.490 e. The Morgan fingerprint density at radius 3 is 2.31 bits per heavy atom. The molecule has 5 rings (SSSR count). The molecule has 1 saturated heterocycles. The number of benzene rings is 3. The first-order chi connectivity index (χ1) is 26.2. The summed E-state index contributed by atoms with van der Waals surface area (Å²) in [6.07, 6.45) is 0.285. The molecule has 14 nitrogen and oxygen atoms in total. The van der Waals surface area contributed by atoms with Crippen LogP contribution in [0.4, 0.5) is 13.2 Å². The predicted molar refractivity (Wildman–Crippen MR) is 198 cm³/mol. The average Bonchev–Trinajstić information content (AvgIpc) is 3.81. The van der Waals surface area contributed by atoms with E-state index in [1.807, 2.05) is 47.4 Å². The zero-order chi connectivity index (χ0) is 40.0. The Bertz CT molecular complexity index is 1910. The van der Waals surface area contributed by atoms with Crippen molar-refractivity contribution in [2.75, 3.05) is 13.1 Å². The molecule has 4 aromatic rings. The number of nitrogens with zero attached hydrogens (tertiary/aromatic N) is 3. The molecule has 2 heterocycles. The first-order valence-electron chi connectivity index (χ1n) is 17.5. The highest BCUT2D eigenvalue weighted by Gasteiger charge is 2.40. The van der Waals surface area contributed by atoms with Gasteiger partial charge in [-0.25, -0.2) is 9.78 Å². The van der Waals surface area contributed by atoms with Crippen LogP contribution in [0.3, 0.4) is 0 Å². The standard InChI is InChI=1S/C36H44N8O4.C2HF3O2/c1-24(45)42-32(18-29-20-39-23-41-29)34(46)43-33(17-25-8-3-2-4-9-25)35(47)44-21-31(19-30(44)12-7-15-40-36(37)38)48-22-26-13-14-27-10-5-6-11-28(27)16-26;3-2(4,5)1(6)7/h2-6,8-11,13-14,16,20,23,30-33H,7,12,15,17-19,21-22H2,1H3,(H,39,41)(H,42,45)(H,43,46)(H4,37,38,40);(H,6,7)/t30-,31-,32-,33+;/m0./s1. The molecule has 0 aliphatic carbocycles. The van der Waals surface area contributed by atoms with Crippen LogP contribution in [0.1, 0.15) is 43.0 Å². The summed E-state index contributed by atoms with van der Waals surface area (Å²) in [7, 11) is 0. The summed E-state index contributed by atoms with van der Waals surface area (Å²) in [5.41, 5.74) is 13.7. The van der Waals surface area contributed by atoms with Gasteiger partial charge in [0.1, 0.15) is 12.1 Å². The fourth-order valence-corrected chi connectivity index (χ4v) is 6.21. The van der Waals surface area contributed by atoms with Crippen molar-refractivity contribution in [3.8, 4) is 0 Å². The van der Waals surface area contributed by atoms with E-state index in [4.69, 9.17) is 26.1 Å². The number of aromatic amines is 1. The van der Waals surface area contributed by atoms with Gasteiger partial charge < -0.3 is 41.8 Å². The van der Waals surface area contributed by atoms with Gasteiger partial charge in [0, 0.05) is 50.8 Å². The third-order valence-corrected chi connectivity index (χ3v) is 8.76. The first kappa shape index (κ1) is 41.8. The molecule has 0 bridgehead atoms. The van der Waals surface area contributed by atoms with E-state index < -0.39 is 30.1 Å². The molecule has 17 heteroatoms. The lowest BCUT2D eigenvalue weighted by Crippen LogP contribution is -2.56. The van der Waals surface area contributed by atoms with Crippen LogP contribution >= 0.6 is 0 Å². The number of hydrogen-bond acceptors (Lipinski definition) is 7. The Morgan fingerprint density at radius 1 is 0.982 bits per heavy atom. The van der Waals surface area contributed by atoms with E-state index in [9.17, 15) is 27.6 Å². The summed E-state index contributed by atoms with van der Waals surface area (Å²) in [4.78, 5) is 62.0. The van der Waals surface area contributed by atoms with Crippen molar-refractivity contribution in [3.63, 3.8) is 0 Å². The Kier molecular flexibility index (Phi) is 15.1. The van der Waals surface area contributed by atoms with Gasteiger partial charge in [-0.15, -0.1) is 0 Å². The van der Waals surface area contributed by atoms with Gasteiger partial charge in [-0.2, -0.15) is 13.2 Å². The van der Waals surface area contributed by atoms with Crippen LogP contribution in [-0.2, 0) is 43.4 Å². The molecule has 1 fully saturated rings. The van der Waals surface area contributed by atoms with Gasteiger partial charge in [-0.1, -0.05) is 66.7 Å². The van der Waals surface area contributed by atoms with Crippen molar-refractivity contribution < 1.29 is 42.2 Å². The van der Waals surface area contributed by atoms with Crippen LogP contribution in [0.15, 0.2) is 90.3 Å². The minimum atomic E-state index is -5.08. The zero-order valence-electron chi connectivity index (χ0n) is 30.2. The monoisotopic (exact) mass is 766 g/mol. The summed E-state index contributed by atoms with van der Waals surface area (Å²) in [6.45, 7) is 2.59. The van der Waals surface area contributed by atoms with Crippen LogP contribution in [0.2, 0.25) is 0 Å². The molecule has 0 saturated carbocycles. The van der Waals surface area contributed by atoms with E-state index in [2.05, 4.69) is 55.9 Å². The number of aromatic nitrogens is 2. The Balaban J connectivity index is 0.000000876. The molecule has 4 atom stereocenters. The van der Waals surface area contributed by atoms with Gasteiger partial charge in [-0.3, -0.25) is 19.4 Å². The van der Waals surface area contributed by atoms with Crippen LogP contribution in [0, 0.1) is 0 Å². The van der Waals surface area contributed by atoms with Gasteiger partial charge >= 0.3 is 12.1 Å². The second-order valence-corrected chi connectivity index (χ2v) is 13.0. The lowest BCUT2D eigenvalue weighted by Gasteiger charge is -2.30. The van der Waals surface area contributed by atoms with Crippen molar-refractivity contribution in [2.45, 2.75) is 76.0 Å². The second kappa shape index (κ2) is 19.9. The third-order valence-electron chi connectivity index (χ3n) is 8.76. The van der Waals surface area contributed by atoms with Gasteiger partial charge in [-0.05, 0) is 47.2 Å². The number of guanidine groups is 1. The lowest BCUT2D eigenvalue weighted by molar-refractivity contribution is -0.192. The number of nitrogens with one attached hydrogen (secondary N) is 3. The molecule has 8 N–H and O–H groups in total. The number of aliphatic carboxylic acids is 1. The number of H-pyrrole nitrogens is 1. The van der Waals surface area contributed by atoms with Crippen molar-refractivity contribution >= 4 is 40.4 Å². The van der Waals surface area contributed by atoms with E-state index in [-0.39, 0.29) is 42.8 Å². The minimum Gasteiger partial charge on any atom is -0.475 e. The number of nitrogens with two attached hydrogens (primary N) is 2.